The molecule has 0 aliphatic carbocycles. The Morgan fingerprint density at radius 3 is 1.40 bits per heavy atom. The zero-order valence-corrected chi connectivity index (χ0v) is 22.1. The van der Waals surface area contributed by atoms with Crippen molar-refractivity contribution in [2.45, 2.75) is 97.3 Å². The first-order chi connectivity index (χ1) is 16.8. The molecular weight excluding hydrogens is 444 g/mol. The molecule has 0 saturated carbocycles. The highest BCUT2D eigenvalue weighted by Crippen LogP contribution is 2.22. The first kappa shape index (κ1) is 32.5. The Morgan fingerprint density at radius 2 is 1.03 bits per heavy atom. The second-order valence-electron chi connectivity index (χ2n) is 9.27. The average molecular weight is 497 g/mol. The quantitative estimate of drug-likeness (QED) is 0.0647. The third-order valence-electron chi connectivity index (χ3n) is 6.15. The van der Waals surface area contributed by atoms with Crippen LogP contribution >= 0.6 is 0 Å². The van der Waals surface area contributed by atoms with E-state index < -0.39 is 0 Å². The van der Waals surface area contributed by atoms with Gasteiger partial charge in [-0.25, -0.2) is 0 Å². The highest BCUT2D eigenvalue weighted by molar-refractivity contribution is 5.82. The van der Waals surface area contributed by atoms with Gasteiger partial charge in [-0.2, -0.15) is 0 Å². The van der Waals surface area contributed by atoms with Crippen molar-refractivity contribution >= 4 is 23.7 Å². The predicted molar refractivity (Wildman–Crippen MR) is 144 cm³/mol. The van der Waals surface area contributed by atoms with Gasteiger partial charge < -0.3 is 32.7 Å². The molecule has 0 fully saturated rings. The number of carbonyl (C=O) groups is 2. The molecule has 35 heavy (non-hydrogen) atoms. The first-order valence-corrected chi connectivity index (χ1v) is 13.5. The van der Waals surface area contributed by atoms with Gasteiger partial charge in [-0.3, -0.25) is 20.4 Å². The van der Waals surface area contributed by atoms with Crippen LogP contribution < -0.4 is 32.7 Å². The number of unbranched alkanes of at least 4 members (excludes halogenated alkanes) is 7. The summed E-state index contributed by atoms with van der Waals surface area (Å²) in [5.41, 5.74) is 10.5. The van der Waals surface area contributed by atoms with Crippen LogP contribution in [0.3, 0.4) is 0 Å². The average Bonchev–Trinajstić information content (AvgIpc) is 2.81. The molecule has 2 atom stereocenters. The van der Waals surface area contributed by atoms with Gasteiger partial charge in [-0.1, -0.05) is 52.4 Å². The van der Waals surface area contributed by atoms with Gasteiger partial charge in [-0.05, 0) is 44.9 Å². The Labute approximate surface area is 212 Å². The van der Waals surface area contributed by atoms with E-state index in [4.69, 9.17) is 22.3 Å². The zero-order valence-electron chi connectivity index (χ0n) is 22.1. The molecule has 0 radical (unpaired) electrons. The number of hydrogen-bond acceptors (Lipinski definition) is 4. The molecule has 0 aliphatic heterocycles. The Morgan fingerprint density at radius 1 is 0.629 bits per heavy atom. The van der Waals surface area contributed by atoms with E-state index in [9.17, 15) is 9.59 Å². The monoisotopic (exact) mass is 496 g/mol. The number of hydrogen-bond donors (Lipinski definition) is 8. The molecule has 10 N–H and O–H groups in total. The molecule has 0 rings (SSSR count). The van der Waals surface area contributed by atoms with Gasteiger partial charge in [0.15, 0.2) is 11.9 Å². The van der Waals surface area contributed by atoms with Gasteiger partial charge in [0, 0.05) is 38.0 Å². The SMILES string of the molecule is CCCCC(CC(CC)C(=O)NCCCCCCNC(=N)N)C(=O)NCCCCCCNC(=N)N. The number of nitrogens with two attached hydrogens (primary N) is 2. The summed E-state index contributed by atoms with van der Waals surface area (Å²) in [6, 6.07) is 0. The molecule has 2 unspecified atom stereocenters. The Balaban J connectivity index is 4.27. The number of nitrogens with one attached hydrogen (secondary N) is 6. The van der Waals surface area contributed by atoms with Crippen molar-refractivity contribution in [2.75, 3.05) is 26.2 Å². The van der Waals surface area contributed by atoms with Crippen molar-refractivity contribution in [1.29, 1.82) is 10.8 Å². The van der Waals surface area contributed by atoms with Crippen LogP contribution in [0.2, 0.25) is 0 Å². The fourth-order valence-corrected chi connectivity index (χ4v) is 3.97. The molecular formula is C25H52N8O2. The van der Waals surface area contributed by atoms with Crippen LogP contribution in [0.25, 0.3) is 0 Å². The molecule has 0 aromatic heterocycles. The summed E-state index contributed by atoms with van der Waals surface area (Å²) < 4.78 is 0. The van der Waals surface area contributed by atoms with Crippen molar-refractivity contribution in [2.24, 2.45) is 23.3 Å². The molecule has 10 heteroatoms. The molecule has 0 heterocycles. The van der Waals surface area contributed by atoms with E-state index in [1.165, 1.54) is 0 Å². The molecule has 204 valence electrons. The molecule has 0 aromatic rings. The van der Waals surface area contributed by atoms with Crippen LogP contribution in [0, 0.1) is 22.7 Å². The van der Waals surface area contributed by atoms with Crippen molar-refractivity contribution in [3.63, 3.8) is 0 Å². The van der Waals surface area contributed by atoms with Gasteiger partial charge >= 0.3 is 0 Å². The second-order valence-corrected chi connectivity index (χ2v) is 9.27. The summed E-state index contributed by atoms with van der Waals surface area (Å²) >= 11 is 0. The number of carbonyl (C=O) groups excluding carboxylic acids is 2. The van der Waals surface area contributed by atoms with E-state index in [2.05, 4.69) is 28.2 Å². The van der Waals surface area contributed by atoms with Gasteiger partial charge in [-0.15, -0.1) is 0 Å². The first-order valence-electron chi connectivity index (χ1n) is 13.5. The normalized spacial score (nSPS) is 12.4. The van der Waals surface area contributed by atoms with Crippen LogP contribution in [0.15, 0.2) is 0 Å². The fraction of sp³-hybridized carbons (Fsp3) is 0.840. The lowest BCUT2D eigenvalue weighted by molar-refractivity contribution is -0.128. The van der Waals surface area contributed by atoms with Crippen molar-refractivity contribution in [3.05, 3.63) is 0 Å². The molecule has 10 nitrogen and oxygen atoms in total. The summed E-state index contributed by atoms with van der Waals surface area (Å²) in [6.45, 7) is 6.87. The second kappa shape index (κ2) is 22.0. The molecule has 0 aromatic carbocycles. The van der Waals surface area contributed by atoms with Crippen LogP contribution in [0.1, 0.15) is 97.3 Å². The lowest BCUT2D eigenvalue weighted by Crippen LogP contribution is -2.37. The number of guanidine groups is 2. The van der Waals surface area contributed by atoms with Gasteiger partial charge in [0.2, 0.25) is 11.8 Å². The van der Waals surface area contributed by atoms with E-state index in [0.717, 1.165) is 77.0 Å². The third-order valence-corrected chi connectivity index (χ3v) is 6.15. The largest absolute Gasteiger partial charge is 0.370 e. The Bertz CT molecular complexity index is 600. The van der Waals surface area contributed by atoms with Gasteiger partial charge in [0.25, 0.3) is 0 Å². The summed E-state index contributed by atoms with van der Waals surface area (Å²) in [5.74, 6) is -0.134. The maximum atomic E-state index is 12.8. The van der Waals surface area contributed by atoms with Crippen molar-refractivity contribution < 1.29 is 9.59 Å². The minimum absolute atomic E-state index is 0.00373. The summed E-state index contributed by atoms with van der Waals surface area (Å²) in [7, 11) is 0. The fourth-order valence-electron chi connectivity index (χ4n) is 3.97. The zero-order chi connectivity index (χ0) is 26.3. The van der Waals surface area contributed by atoms with E-state index in [-0.39, 0.29) is 35.6 Å². The minimum Gasteiger partial charge on any atom is -0.370 e. The lowest BCUT2D eigenvalue weighted by Gasteiger charge is -2.22. The summed E-state index contributed by atoms with van der Waals surface area (Å²) in [5, 5.41) is 26.0. The van der Waals surface area contributed by atoms with Gasteiger partial charge in [0.1, 0.15) is 0 Å². The lowest BCUT2D eigenvalue weighted by atomic mass is 9.87. The predicted octanol–water partition coefficient (Wildman–Crippen LogP) is 2.53. The smallest absolute Gasteiger partial charge is 0.223 e. The molecule has 0 saturated heterocycles. The molecule has 2 amide bonds. The topological polar surface area (TPSA) is 182 Å². The molecule has 0 aliphatic rings. The third kappa shape index (κ3) is 19.5. The highest BCUT2D eigenvalue weighted by atomic mass is 16.2. The highest BCUT2D eigenvalue weighted by Gasteiger charge is 2.25. The maximum Gasteiger partial charge on any atom is 0.223 e. The summed E-state index contributed by atoms with van der Waals surface area (Å²) in [6.07, 6.45) is 12.0. The van der Waals surface area contributed by atoms with Crippen LogP contribution in [0.4, 0.5) is 0 Å². The number of rotatable bonds is 22. The van der Waals surface area contributed by atoms with Crippen LogP contribution in [-0.2, 0) is 9.59 Å². The summed E-state index contributed by atoms with van der Waals surface area (Å²) in [4.78, 5) is 25.6. The molecule has 0 bridgehead atoms. The van der Waals surface area contributed by atoms with Crippen molar-refractivity contribution in [3.8, 4) is 0 Å². The minimum atomic E-state index is -0.142. The van der Waals surface area contributed by atoms with Crippen LogP contribution in [-0.4, -0.2) is 49.9 Å². The maximum absolute atomic E-state index is 12.8. The van der Waals surface area contributed by atoms with Gasteiger partial charge in [0.05, 0.1) is 0 Å². The Kier molecular flexibility index (Phi) is 20.4. The van der Waals surface area contributed by atoms with Crippen molar-refractivity contribution in [1.82, 2.24) is 21.3 Å². The number of amides is 2. The van der Waals surface area contributed by atoms with E-state index in [1.807, 2.05) is 6.92 Å². The molecule has 0 spiro atoms. The van der Waals surface area contributed by atoms with E-state index in [0.29, 0.717) is 32.6 Å². The standard InChI is InChI=1S/C25H52N8O2/c1-3-5-14-21(23(35)31-16-11-7-9-13-18-33-25(28)29)19-20(4-2)22(34)30-15-10-6-8-12-17-32-24(26)27/h20-21H,3-19H2,1-2H3,(H,30,34)(H,31,35)(H4,26,27,32)(H4,28,29,33). The van der Waals surface area contributed by atoms with E-state index in [1.54, 1.807) is 0 Å². The Hall–Kier alpha value is -2.52. The van der Waals surface area contributed by atoms with Crippen LogP contribution in [0.5, 0.6) is 0 Å². The van der Waals surface area contributed by atoms with E-state index >= 15 is 0 Å².